The van der Waals surface area contributed by atoms with Crippen LogP contribution in [0.5, 0.6) is 5.75 Å². The van der Waals surface area contributed by atoms with Gasteiger partial charge in [-0.05, 0) is 80.1 Å². The van der Waals surface area contributed by atoms with E-state index in [1.54, 1.807) is 30.8 Å². The zero-order chi connectivity index (χ0) is 24.9. The molecule has 34 heavy (non-hydrogen) atoms. The number of sulfonamides is 1. The number of fused-ring (bicyclic) bond motifs is 1. The first-order valence-electron chi connectivity index (χ1n) is 10.9. The largest absolute Gasteiger partial charge is 0.482 e. The molecule has 0 aliphatic carbocycles. The highest BCUT2D eigenvalue weighted by Gasteiger charge is 2.23. The van der Waals surface area contributed by atoms with E-state index in [2.05, 4.69) is 4.72 Å². The molecule has 0 fully saturated rings. The number of benzene rings is 2. The Morgan fingerprint density at radius 1 is 1.18 bits per heavy atom. The van der Waals surface area contributed by atoms with Crippen molar-refractivity contribution < 1.29 is 22.7 Å². The van der Waals surface area contributed by atoms with E-state index in [4.69, 9.17) is 21.1 Å². The summed E-state index contributed by atoms with van der Waals surface area (Å²) in [4.78, 5) is 12.5. The normalized spacial score (nSPS) is 12.6. The van der Waals surface area contributed by atoms with Crippen LogP contribution in [0.15, 0.2) is 45.5 Å². The molecule has 2 aromatic carbocycles. The van der Waals surface area contributed by atoms with Crippen molar-refractivity contribution in [1.29, 1.82) is 0 Å². The number of carbonyl (C=O) groups excluding carboxylic acids is 1. The first-order chi connectivity index (χ1) is 16.1. The van der Waals surface area contributed by atoms with Crippen LogP contribution in [0.25, 0.3) is 10.1 Å². The fraction of sp³-hybridized carbons (Fsp3) is 0.375. The SMILES string of the molecule is CCOC(=O)COc1ccc(SC(CC)CNS(=O)(=O)c2sc3ccc(Cl)cc3c2C)cc1C. The van der Waals surface area contributed by atoms with Crippen molar-refractivity contribution in [2.24, 2.45) is 0 Å². The molecule has 184 valence electrons. The van der Waals surface area contributed by atoms with Crippen LogP contribution in [0, 0.1) is 13.8 Å². The van der Waals surface area contributed by atoms with Gasteiger partial charge in [0.1, 0.15) is 9.96 Å². The van der Waals surface area contributed by atoms with E-state index < -0.39 is 16.0 Å². The van der Waals surface area contributed by atoms with Crippen molar-refractivity contribution in [3.63, 3.8) is 0 Å². The van der Waals surface area contributed by atoms with E-state index in [0.717, 1.165) is 27.0 Å². The highest BCUT2D eigenvalue weighted by atomic mass is 35.5. The highest BCUT2D eigenvalue weighted by molar-refractivity contribution is 8.00. The average molecular weight is 542 g/mol. The topological polar surface area (TPSA) is 81.7 Å². The Balaban J connectivity index is 1.65. The first-order valence-corrected chi connectivity index (χ1v) is 14.4. The first kappa shape index (κ1) is 26.8. The van der Waals surface area contributed by atoms with Crippen molar-refractivity contribution in [2.45, 2.75) is 48.5 Å². The molecule has 0 bridgehead atoms. The lowest BCUT2D eigenvalue weighted by Crippen LogP contribution is -2.30. The Labute approximate surface area is 214 Å². The summed E-state index contributed by atoms with van der Waals surface area (Å²) in [7, 11) is -3.65. The lowest BCUT2D eigenvalue weighted by molar-refractivity contribution is -0.145. The number of ether oxygens (including phenoxy) is 2. The van der Waals surface area contributed by atoms with E-state index in [9.17, 15) is 13.2 Å². The zero-order valence-corrected chi connectivity index (χ0v) is 22.7. The summed E-state index contributed by atoms with van der Waals surface area (Å²) in [6.07, 6.45) is 0.786. The van der Waals surface area contributed by atoms with Gasteiger partial charge >= 0.3 is 5.97 Å². The van der Waals surface area contributed by atoms with Crippen LogP contribution in [0.3, 0.4) is 0 Å². The van der Waals surface area contributed by atoms with Gasteiger partial charge in [-0.15, -0.1) is 23.1 Å². The molecule has 1 N–H and O–H groups in total. The molecular weight excluding hydrogens is 514 g/mol. The molecule has 0 spiro atoms. The number of thiophene rings is 1. The third-order valence-electron chi connectivity index (χ3n) is 5.15. The minimum absolute atomic E-state index is 0.0459. The van der Waals surface area contributed by atoms with Crippen molar-refractivity contribution >= 4 is 60.8 Å². The molecule has 3 aromatic rings. The number of hydrogen-bond donors (Lipinski definition) is 1. The summed E-state index contributed by atoms with van der Waals surface area (Å²) in [6.45, 7) is 7.98. The Bertz CT molecular complexity index is 1270. The maximum Gasteiger partial charge on any atom is 0.344 e. The van der Waals surface area contributed by atoms with E-state index in [1.165, 1.54) is 11.3 Å². The fourth-order valence-electron chi connectivity index (χ4n) is 3.35. The van der Waals surface area contributed by atoms with Gasteiger partial charge in [-0.3, -0.25) is 0 Å². The molecule has 10 heteroatoms. The average Bonchev–Trinajstić information content (AvgIpc) is 3.13. The van der Waals surface area contributed by atoms with Crippen LogP contribution < -0.4 is 9.46 Å². The monoisotopic (exact) mass is 541 g/mol. The predicted octanol–water partition coefficient (Wildman–Crippen LogP) is 5.96. The third kappa shape index (κ3) is 6.66. The molecule has 3 rings (SSSR count). The van der Waals surface area contributed by atoms with E-state index in [0.29, 0.717) is 33.7 Å². The predicted molar refractivity (Wildman–Crippen MR) is 140 cm³/mol. The molecular formula is C24H28ClNO5S3. The molecule has 1 heterocycles. The Kier molecular flexibility index (Phi) is 9.28. The van der Waals surface area contributed by atoms with Gasteiger partial charge in [0.25, 0.3) is 0 Å². The Morgan fingerprint density at radius 3 is 2.62 bits per heavy atom. The van der Waals surface area contributed by atoms with Crippen LogP contribution in [0.4, 0.5) is 0 Å². The molecule has 1 aromatic heterocycles. The summed E-state index contributed by atoms with van der Waals surface area (Å²) in [5.41, 5.74) is 1.61. The van der Waals surface area contributed by atoms with Gasteiger partial charge in [0, 0.05) is 26.4 Å². The summed E-state index contributed by atoms with van der Waals surface area (Å²) >= 11 is 8.94. The maximum atomic E-state index is 13.1. The van der Waals surface area contributed by atoms with Gasteiger partial charge in [-0.1, -0.05) is 18.5 Å². The minimum atomic E-state index is -3.65. The second-order valence-corrected chi connectivity index (χ2v) is 12.5. The Hall–Kier alpha value is -1.78. The number of nitrogens with one attached hydrogen (secondary N) is 1. The van der Waals surface area contributed by atoms with Crippen LogP contribution in [0.2, 0.25) is 5.02 Å². The van der Waals surface area contributed by atoms with Crippen LogP contribution >= 0.6 is 34.7 Å². The molecule has 0 aliphatic rings. The van der Waals surface area contributed by atoms with Gasteiger partial charge in [-0.2, -0.15) is 0 Å². The second kappa shape index (κ2) is 11.8. The number of aryl methyl sites for hydroxylation is 2. The van der Waals surface area contributed by atoms with Gasteiger partial charge in [0.2, 0.25) is 10.0 Å². The molecule has 0 radical (unpaired) electrons. The number of carbonyl (C=O) groups is 1. The van der Waals surface area contributed by atoms with Gasteiger partial charge in [0.05, 0.1) is 6.61 Å². The summed E-state index contributed by atoms with van der Waals surface area (Å²) in [5, 5.41) is 1.49. The van der Waals surface area contributed by atoms with E-state index in [-0.39, 0.29) is 11.9 Å². The van der Waals surface area contributed by atoms with Crippen molar-refractivity contribution in [2.75, 3.05) is 19.8 Å². The fourth-order valence-corrected chi connectivity index (χ4v) is 7.61. The molecule has 0 amide bonds. The van der Waals surface area contributed by atoms with Crippen molar-refractivity contribution in [3.05, 3.63) is 52.5 Å². The molecule has 0 saturated carbocycles. The standard InChI is InChI=1S/C24H28ClNO5S3/c1-5-18(32-19-8-9-21(15(3)11-19)31-14-23(27)30-6-2)13-26-34(28,29)24-16(4)20-12-17(25)7-10-22(20)33-24/h7-12,18,26H,5-6,13-14H2,1-4H3. The summed E-state index contributed by atoms with van der Waals surface area (Å²) < 4.78 is 40.5. The van der Waals surface area contributed by atoms with E-state index >= 15 is 0 Å². The van der Waals surface area contributed by atoms with E-state index in [1.807, 2.05) is 45.0 Å². The number of thioether (sulfide) groups is 1. The molecule has 0 saturated heterocycles. The highest BCUT2D eigenvalue weighted by Crippen LogP contribution is 2.36. The number of rotatable bonds is 11. The molecule has 1 unspecified atom stereocenters. The summed E-state index contributed by atoms with van der Waals surface area (Å²) in [5.74, 6) is 0.210. The van der Waals surface area contributed by atoms with Crippen molar-refractivity contribution in [3.8, 4) is 5.75 Å². The lowest BCUT2D eigenvalue weighted by atomic mass is 10.2. The smallest absolute Gasteiger partial charge is 0.344 e. The zero-order valence-electron chi connectivity index (χ0n) is 19.5. The van der Waals surface area contributed by atoms with Gasteiger partial charge in [-0.25, -0.2) is 17.9 Å². The van der Waals surface area contributed by atoms with Crippen LogP contribution in [0.1, 0.15) is 31.4 Å². The summed E-state index contributed by atoms with van der Waals surface area (Å²) in [6, 6.07) is 11.1. The number of halogens is 1. The Morgan fingerprint density at radius 2 is 1.94 bits per heavy atom. The number of esters is 1. The maximum absolute atomic E-state index is 13.1. The second-order valence-electron chi connectivity index (χ2n) is 7.68. The molecule has 6 nitrogen and oxygen atoms in total. The number of hydrogen-bond acceptors (Lipinski definition) is 7. The van der Waals surface area contributed by atoms with Gasteiger partial charge < -0.3 is 9.47 Å². The minimum Gasteiger partial charge on any atom is -0.482 e. The molecule has 0 aliphatic heterocycles. The lowest BCUT2D eigenvalue weighted by Gasteiger charge is -2.17. The molecule has 1 atom stereocenters. The quantitative estimate of drug-likeness (QED) is 0.238. The van der Waals surface area contributed by atoms with Crippen molar-refractivity contribution in [1.82, 2.24) is 4.72 Å². The van der Waals surface area contributed by atoms with Gasteiger partial charge in [0.15, 0.2) is 6.61 Å². The third-order valence-corrected chi connectivity index (χ3v) is 10.1. The van der Waals surface area contributed by atoms with Crippen LogP contribution in [-0.4, -0.2) is 39.4 Å². The van der Waals surface area contributed by atoms with Crippen LogP contribution in [-0.2, 0) is 19.6 Å².